The molecule has 0 amide bonds. The van der Waals surface area contributed by atoms with Crippen molar-refractivity contribution < 1.29 is 0 Å². The first-order valence-corrected chi connectivity index (χ1v) is 8.10. The third kappa shape index (κ3) is 3.95. The third-order valence-electron chi connectivity index (χ3n) is 3.12. The minimum absolute atomic E-state index is 0.796. The molecular weight excluding hydrogens is 290 g/mol. The molecule has 0 saturated heterocycles. The first-order chi connectivity index (χ1) is 9.72. The van der Waals surface area contributed by atoms with Crippen LogP contribution in [0.1, 0.15) is 24.6 Å². The highest BCUT2D eigenvalue weighted by Crippen LogP contribution is 2.27. The molecule has 1 heterocycles. The maximum Gasteiger partial charge on any atom is 0.0795 e. The zero-order chi connectivity index (χ0) is 14.4. The molecule has 1 aromatic heterocycles. The predicted molar refractivity (Wildman–Crippen MR) is 87.7 cm³/mol. The van der Waals surface area contributed by atoms with Gasteiger partial charge in [0, 0.05) is 35.2 Å². The van der Waals surface area contributed by atoms with Gasteiger partial charge in [0.05, 0.1) is 17.7 Å². The summed E-state index contributed by atoms with van der Waals surface area (Å²) < 4.78 is 0. The van der Waals surface area contributed by atoms with Gasteiger partial charge in [0.2, 0.25) is 0 Å². The molecule has 1 aromatic carbocycles. The Morgan fingerprint density at radius 2 is 2.25 bits per heavy atom. The molecule has 0 saturated carbocycles. The van der Waals surface area contributed by atoms with Gasteiger partial charge in [-0.1, -0.05) is 24.6 Å². The first-order valence-electron chi connectivity index (χ1n) is 6.78. The van der Waals surface area contributed by atoms with Gasteiger partial charge in [0.1, 0.15) is 0 Å². The van der Waals surface area contributed by atoms with Gasteiger partial charge in [-0.15, -0.1) is 11.3 Å². The number of rotatable bonds is 7. The van der Waals surface area contributed by atoms with Crippen LogP contribution in [0, 0.1) is 0 Å². The maximum atomic E-state index is 6.35. The minimum Gasteiger partial charge on any atom is -0.368 e. The summed E-state index contributed by atoms with van der Waals surface area (Å²) in [6.07, 6.45) is 1.12. The van der Waals surface area contributed by atoms with E-state index in [0.717, 1.165) is 48.0 Å². The monoisotopic (exact) mass is 309 g/mol. The Morgan fingerprint density at radius 1 is 1.40 bits per heavy atom. The molecule has 1 N–H and O–H groups in total. The third-order valence-corrected chi connectivity index (χ3v) is 4.11. The Kier molecular flexibility index (Phi) is 5.83. The summed E-state index contributed by atoms with van der Waals surface area (Å²) >= 11 is 7.98. The standard InChI is InChI=1S/C15H20ClN3S/c1-3-7-17-8-13-14(16)5-4-6-15(13)19(2)9-12-10-20-11-18-12/h4-6,10-11,17H,3,7-9H2,1-2H3. The van der Waals surface area contributed by atoms with Crippen LogP contribution in [0.25, 0.3) is 0 Å². The van der Waals surface area contributed by atoms with Crippen molar-refractivity contribution in [1.29, 1.82) is 0 Å². The molecule has 0 unspecified atom stereocenters. The molecule has 108 valence electrons. The lowest BCUT2D eigenvalue weighted by atomic mass is 10.1. The summed E-state index contributed by atoms with van der Waals surface area (Å²) in [6.45, 7) is 4.75. The number of hydrogen-bond acceptors (Lipinski definition) is 4. The fourth-order valence-corrected chi connectivity index (χ4v) is 2.90. The van der Waals surface area contributed by atoms with E-state index < -0.39 is 0 Å². The van der Waals surface area contributed by atoms with Gasteiger partial charge < -0.3 is 10.2 Å². The summed E-state index contributed by atoms with van der Waals surface area (Å²) in [6, 6.07) is 6.06. The van der Waals surface area contributed by atoms with Crippen molar-refractivity contribution >= 4 is 28.6 Å². The lowest BCUT2D eigenvalue weighted by Gasteiger charge is -2.22. The van der Waals surface area contributed by atoms with E-state index in [9.17, 15) is 0 Å². The van der Waals surface area contributed by atoms with Gasteiger partial charge in [-0.3, -0.25) is 0 Å². The van der Waals surface area contributed by atoms with Gasteiger partial charge >= 0.3 is 0 Å². The number of nitrogens with one attached hydrogen (secondary N) is 1. The highest BCUT2D eigenvalue weighted by Gasteiger charge is 2.11. The Balaban J connectivity index is 2.14. The molecule has 20 heavy (non-hydrogen) atoms. The van der Waals surface area contributed by atoms with Gasteiger partial charge in [0.15, 0.2) is 0 Å². The SMILES string of the molecule is CCCNCc1c(Cl)cccc1N(C)Cc1cscn1. The lowest BCUT2D eigenvalue weighted by molar-refractivity contribution is 0.673. The highest BCUT2D eigenvalue weighted by atomic mass is 35.5. The minimum atomic E-state index is 0.796. The zero-order valence-corrected chi connectivity index (χ0v) is 13.5. The van der Waals surface area contributed by atoms with Crippen LogP contribution in [-0.2, 0) is 13.1 Å². The predicted octanol–water partition coefficient (Wildman–Crippen LogP) is 3.93. The molecule has 0 atom stereocenters. The fourth-order valence-electron chi connectivity index (χ4n) is 2.11. The van der Waals surface area contributed by atoms with Crippen LogP contribution in [0.4, 0.5) is 5.69 Å². The van der Waals surface area contributed by atoms with E-state index in [-0.39, 0.29) is 0 Å². The number of thiazole rings is 1. The van der Waals surface area contributed by atoms with E-state index in [2.05, 4.69) is 40.6 Å². The molecule has 0 aliphatic carbocycles. The molecule has 0 fully saturated rings. The van der Waals surface area contributed by atoms with Crippen LogP contribution in [0.5, 0.6) is 0 Å². The quantitative estimate of drug-likeness (QED) is 0.785. The van der Waals surface area contributed by atoms with E-state index in [4.69, 9.17) is 11.6 Å². The van der Waals surface area contributed by atoms with Crippen LogP contribution in [0.15, 0.2) is 29.1 Å². The van der Waals surface area contributed by atoms with Crippen molar-refractivity contribution in [2.24, 2.45) is 0 Å². The average molecular weight is 310 g/mol. The van der Waals surface area contributed by atoms with Crippen molar-refractivity contribution in [3.05, 3.63) is 45.4 Å². The summed E-state index contributed by atoms with van der Waals surface area (Å²) in [5.41, 5.74) is 5.27. The highest BCUT2D eigenvalue weighted by molar-refractivity contribution is 7.07. The summed E-state index contributed by atoms with van der Waals surface area (Å²) in [5.74, 6) is 0. The Bertz CT molecular complexity index is 528. The molecule has 0 bridgehead atoms. The van der Waals surface area contributed by atoms with Gasteiger partial charge in [0.25, 0.3) is 0 Å². The average Bonchev–Trinajstić information content (AvgIpc) is 2.93. The van der Waals surface area contributed by atoms with Crippen molar-refractivity contribution in [2.75, 3.05) is 18.5 Å². The topological polar surface area (TPSA) is 28.2 Å². The van der Waals surface area contributed by atoms with Crippen molar-refractivity contribution in [1.82, 2.24) is 10.3 Å². The summed E-state index contributed by atoms with van der Waals surface area (Å²) in [4.78, 5) is 6.54. The molecule has 0 spiro atoms. The van der Waals surface area contributed by atoms with E-state index >= 15 is 0 Å². The Hall–Kier alpha value is -1.10. The van der Waals surface area contributed by atoms with E-state index in [1.165, 1.54) is 0 Å². The van der Waals surface area contributed by atoms with Crippen LogP contribution in [0.2, 0.25) is 5.02 Å². The molecule has 0 aliphatic rings. The number of aromatic nitrogens is 1. The number of nitrogens with zero attached hydrogens (tertiary/aromatic N) is 2. The van der Waals surface area contributed by atoms with Crippen molar-refractivity contribution in [3.8, 4) is 0 Å². The molecule has 2 rings (SSSR count). The molecular formula is C15H20ClN3S. The lowest BCUT2D eigenvalue weighted by Crippen LogP contribution is -2.21. The second kappa shape index (κ2) is 7.62. The summed E-state index contributed by atoms with van der Waals surface area (Å²) in [7, 11) is 2.08. The number of hydrogen-bond donors (Lipinski definition) is 1. The zero-order valence-electron chi connectivity index (χ0n) is 11.9. The number of halogens is 1. The second-order valence-corrected chi connectivity index (χ2v) is 5.88. The van der Waals surface area contributed by atoms with Crippen LogP contribution >= 0.6 is 22.9 Å². The van der Waals surface area contributed by atoms with Crippen LogP contribution in [-0.4, -0.2) is 18.6 Å². The maximum absolute atomic E-state index is 6.35. The van der Waals surface area contributed by atoms with Gasteiger partial charge in [-0.2, -0.15) is 0 Å². The Labute approximate surface area is 129 Å². The van der Waals surface area contributed by atoms with Crippen LogP contribution in [0.3, 0.4) is 0 Å². The van der Waals surface area contributed by atoms with Crippen molar-refractivity contribution in [3.63, 3.8) is 0 Å². The normalized spacial score (nSPS) is 10.8. The second-order valence-electron chi connectivity index (χ2n) is 4.75. The molecule has 0 radical (unpaired) electrons. The first kappa shape index (κ1) is 15.3. The van der Waals surface area contributed by atoms with E-state index in [0.29, 0.717) is 0 Å². The van der Waals surface area contributed by atoms with Crippen molar-refractivity contribution in [2.45, 2.75) is 26.4 Å². The summed E-state index contributed by atoms with van der Waals surface area (Å²) in [5, 5.41) is 6.32. The van der Waals surface area contributed by atoms with Crippen LogP contribution < -0.4 is 10.2 Å². The number of anilines is 1. The smallest absolute Gasteiger partial charge is 0.0795 e. The Morgan fingerprint density at radius 3 is 2.95 bits per heavy atom. The molecule has 5 heteroatoms. The largest absolute Gasteiger partial charge is 0.368 e. The molecule has 2 aromatic rings. The van der Waals surface area contributed by atoms with Gasteiger partial charge in [-0.05, 0) is 25.1 Å². The van der Waals surface area contributed by atoms with Gasteiger partial charge in [-0.25, -0.2) is 4.98 Å². The molecule has 3 nitrogen and oxygen atoms in total. The van der Waals surface area contributed by atoms with E-state index in [1.807, 2.05) is 17.6 Å². The number of benzene rings is 1. The fraction of sp³-hybridized carbons (Fsp3) is 0.400. The van der Waals surface area contributed by atoms with E-state index in [1.54, 1.807) is 11.3 Å². The molecule has 0 aliphatic heterocycles.